The molecule has 1 aliphatic carbocycles. The molecule has 1 atom stereocenters. The standard InChI is InChI=1S/C18H17BrO/c19-11-5-10-15-14-7-2-1-6-13(14)12-18(20)17-9-4-3-8-16(15)17/h1-4,6-10,18,20H,5,11-12H2/t18-/m1/s1. The van der Waals surface area contributed by atoms with Gasteiger partial charge in [0, 0.05) is 11.8 Å². The molecule has 1 aliphatic rings. The zero-order chi connectivity index (χ0) is 13.9. The second-order valence-electron chi connectivity index (χ2n) is 5.06. The van der Waals surface area contributed by atoms with Crippen molar-refractivity contribution in [3.05, 3.63) is 76.9 Å². The molecule has 0 saturated heterocycles. The minimum atomic E-state index is -0.428. The third-order valence-corrected chi connectivity index (χ3v) is 4.25. The van der Waals surface area contributed by atoms with E-state index >= 15 is 0 Å². The van der Waals surface area contributed by atoms with Crippen molar-refractivity contribution in [3.63, 3.8) is 0 Å². The lowest BCUT2D eigenvalue weighted by molar-refractivity contribution is 0.179. The number of aliphatic hydroxyl groups excluding tert-OH is 1. The lowest BCUT2D eigenvalue weighted by Crippen LogP contribution is -2.01. The van der Waals surface area contributed by atoms with Crippen molar-refractivity contribution in [1.29, 1.82) is 0 Å². The van der Waals surface area contributed by atoms with Crippen LogP contribution in [0.4, 0.5) is 0 Å². The van der Waals surface area contributed by atoms with Crippen LogP contribution < -0.4 is 0 Å². The summed E-state index contributed by atoms with van der Waals surface area (Å²) in [7, 11) is 0. The van der Waals surface area contributed by atoms with Crippen LogP contribution in [0.25, 0.3) is 5.57 Å². The van der Waals surface area contributed by atoms with Crippen LogP contribution in [-0.4, -0.2) is 10.4 Å². The third-order valence-electron chi connectivity index (χ3n) is 3.79. The fourth-order valence-corrected chi connectivity index (χ4v) is 3.10. The van der Waals surface area contributed by atoms with Gasteiger partial charge in [0.05, 0.1) is 6.10 Å². The SMILES string of the molecule is O[C@@H]1Cc2ccccc2C(=CCCBr)c2ccccc21. The maximum absolute atomic E-state index is 10.5. The summed E-state index contributed by atoms with van der Waals surface area (Å²) in [6, 6.07) is 16.6. The van der Waals surface area contributed by atoms with E-state index in [2.05, 4.69) is 46.3 Å². The molecule has 0 spiro atoms. The number of benzene rings is 2. The summed E-state index contributed by atoms with van der Waals surface area (Å²) >= 11 is 3.49. The lowest BCUT2D eigenvalue weighted by atomic mass is 9.93. The molecule has 0 amide bonds. The van der Waals surface area contributed by atoms with E-state index in [1.807, 2.05) is 24.3 Å². The Bertz CT molecular complexity index is 645. The molecule has 0 radical (unpaired) electrons. The smallest absolute Gasteiger partial charge is 0.0836 e. The third kappa shape index (κ3) is 2.46. The number of hydrogen-bond donors (Lipinski definition) is 1. The molecule has 0 fully saturated rings. The van der Waals surface area contributed by atoms with Gasteiger partial charge in [-0.25, -0.2) is 0 Å². The number of aliphatic hydroxyl groups is 1. The first-order valence-electron chi connectivity index (χ1n) is 6.93. The summed E-state index contributed by atoms with van der Waals surface area (Å²) in [5.74, 6) is 0. The van der Waals surface area contributed by atoms with E-state index in [0.717, 1.165) is 22.9 Å². The number of halogens is 1. The van der Waals surface area contributed by atoms with Gasteiger partial charge in [-0.2, -0.15) is 0 Å². The molecule has 0 unspecified atom stereocenters. The Morgan fingerprint density at radius 1 is 1.05 bits per heavy atom. The molecule has 1 nitrogen and oxygen atoms in total. The molecule has 2 aromatic carbocycles. The minimum absolute atomic E-state index is 0.428. The number of rotatable bonds is 2. The summed E-state index contributed by atoms with van der Waals surface area (Å²) in [5.41, 5.74) is 5.90. The van der Waals surface area contributed by atoms with Crippen molar-refractivity contribution >= 4 is 21.5 Å². The highest BCUT2D eigenvalue weighted by molar-refractivity contribution is 9.09. The Morgan fingerprint density at radius 2 is 1.75 bits per heavy atom. The predicted molar refractivity (Wildman–Crippen MR) is 87.0 cm³/mol. The van der Waals surface area contributed by atoms with E-state index in [0.29, 0.717) is 6.42 Å². The first-order valence-corrected chi connectivity index (χ1v) is 8.05. The maximum atomic E-state index is 10.5. The van der Waals surface area contributed by atoms with Crippen LogP contribution in [0.2, 0.25) is 0 Å². The van der Waals surface area contributed by atoms with Gasteiger partial charge in [-0.3, -0.25) is 0 Å². The van der Waals surface area contributed by atoms with Crippen LogP contribution >= 0.6 is 15.9 Å². The van der Waals surface area contributed by atoms with E-state index < -0.39 is 6.10 Å². The highest BCUT2D eigenvalue weighted by Gasteiger charge is 2.22. The summed E-state index contributed by atoms with van der Waals surface area (Å²) < 4.78 is 0. The van der Waals surface area contributed by atoms with E-state index in [1.165, 1.54) is 16.7 Å². The highest BCUT2D eigenvalue weighted by Crippen LogP contribution is 2.37. The molecule has 1 N–H and O–H groups in total. The van der Waals surface area contributed by atoms with Gasteiger partial charge in [0.25, 0.3) is 0 Å². The van der Waals surface area contributed by atoms with Gasteiger partial charge >= 0.3 is 0 Å². The Balaban J connectivity index is 2.24. The largest absolute Gasteiger partial charge is 0.388 e. The first kappa shape index (κ1) is 13.6. The normalized spacial score (nSPS) is 19.3. The second kappa shape index (κ2) is 5.94. The van der Waals surface area contributed by atoms with Gasteiger partial charge in [-0.15, -0.1) is 0 Å². The van der Waals surface area contributed by atoms with Crippen LogP contribution in [0.15, 0.2) is 54.6 Å². The summed E-state index contributed by atoms with van der Waals surface area (Å²) in [6.07, 6.45) is 3.50. The summed E-state index contributed by atoms with van der Waals surface area (Å²) in [4.78, 5) is 0. The van der Waals surface area contributed by atoms with Crippen molar-refractivity contribution < 1.29 is 5.11 Å². The molecule has 3 rings (SSSR count). The van der Waals surface area contributed by atoms with Crippen LogP contribution in [0.5, 0.6) is 0 Å². The molecule has 0 bridgehead atoms. The molecule has 20 heavy (non-hydrogen) atoms. The number of alkyl halides is 1. The average Bonchev–Trinajstić information content (AvgIpc) is 2.60. The van der Waals surface area contributed by atoms with Gasteiger partial charge in [0.15, 0.2) is 0 Å². The Hall–Kier alpha value is -1.38. The molecule has 0 aromatic heterocycles. The van der Waals surface area contributed by atoms with Gasteiger partial charge in [-0.05, 0) is 34.2 Å². The topological polar surface area (TPSA) is 20.2 Å². The van der Waals surface area contributed by atoms with E-state index in [1.54, 1.807) is 0 Å². The Morgan fingerprint density at radius 3 is 2.55 bits per heavy atom. The molecule has 2 aromatic rings. The number of hydrogen-bond acceptors (Lipinski definition) is 1. The summed E-state index contributed by atoms with van der Waals surface area (Å²) in [5, 5.41) is 11.4. The zero-order valence-corrected chi connectivity index (χ0v) is 12.8. The van der Waals surface area contributed by atoms with Crippen molar-refractivity contribution in [2.24, 2.45) is 0 Å². The van der Waals surface area contributed by atoms with E-state index in [9.17, 15) is 5.11 Å². The van der Waals surface area contributed by atoms with Crippen molar-refractivity contribution in [1.82, 2.24) is 0 Å². The molecular weight excluding hydrogens is 312 g/mol. The maximum Gasteiger partial charge on any atom is 0.0836 e. The van der Waals surface area contributed by atoms with Crippen LogP contribution in [0, 0.1) is 0 Å². The molecular formula is C18H17BrO. The molecule has 0 saturated carbocycles. The summed E-state index contributed by atoms with van der Waals surface area (Å²) in [6.45, 7) is 0. The fraction of sp³-hybridized carbons (Fsp3) is 0.222. The van der Waals surface area contributed by atoms with Gasteiger partial charge in [0.1, 0.15) is 0 Å². The van der Waals surface area contributed by atoms with Gasteiger partial charge < -0.3 is 5.11 Å². The van der Waals surface area contributed by atoms with Crippen molar-refractivity contribution in [3.8, 4) is 0 Å². The highest BCUT2D eigenvalue weighted by atomic mass is 79.9. The first-order chi connectivity index (χ1) is 9.81. The van der Waals surface area contributed by atoms with E-state index in [-0.39, 0.29) is 0 Å². The number of fused-ring (bicyclic) bond motifs is 2. The Labute approximate surface area is 128 Å². The molecule has 2 heteroatoms. The quantitative estimate of drug-likeness (QED) is 0.805. The Kier molecular flexibility index (Phi) is 4.04. The van der Waals surface area contributed by atoms with Crippen LogP contribution in [0.1, 0.15) is 34.8 Å². The molecule has 0 heterocycles. The lowest BCUT2D eigenvalue weighted by Gasteiger charge is -2.12. The van der Waals surface area contributed by atoms with Crippen LogP contribution in [0.3, 0.4) is 0 Å². The second-order valence-corrected chi connectivity index (χ2v) is 5.85. The van der Waals surface area contributed by atoms with Gasteiger partial charge in [0.2, 0.25) is 0 Å². The minimum Gasteiger partial charge on any atom is -0.388 e. The van der Waals surface area contributed by atoms with Gasteiger partial charge in [-0.1, -0.05) is 70.5 Å². The van der Waals surface area contributed by atoms with Crippen molar-refractivity contribution in [2.75, 3.05) is 5.33 Å². The van der Waals surface area contributed by atoms with Crippen LogP contribution in [-0.2, 0) is 6.42 Å². The molecule has 0 aliphatic heterocycles. The van der Waals surface area contributed by atoms with Crippen molar-refractivity contribution in [2.45, 2.75) is 18.9 Å². The predicted octanol–water partition coefficient (Wildman–Crippen LogP) is 4.49. The fourth-order valence-electron chi connectivity index (χ4n) is 2.88. The van der Waals surface area contributed by atoms with E-state index in [4.69, 9.17) is 0 Å². The molecule has 102 valence electrons. The monoisotopic (exact) mass is 328 g/mol. The average molecular weight is 329 g/mol. The number of allylic oxidation sites excluding steroid dienone is 1. The zero-order valence-electron chi connectivity index (χ0n) is 11.2.